The largest absolute Gasteiger partial charge is 0.466 e. The lowest BCUT2D eigenvalue weighted by Gasteiger charge is -2.22. The van der Waals surface area contributed by atoms with Crippen molar-refractivity contribution in [1.82, 2.24) is 0 Å². The summed E-state index contributed by atoms with van der Waals surface area (Å²) in [7, 11) is 0. The first-order chi connectivity index (χ1) is 8.25. The Labute approximate surface area is 110 Å². The van der Waals surface area contributed by atoms with Gasteiger partial charge in [-0.05, 0) is 48.4 Å². The summed E-state index contributed by atoms with van der Waals surface area (Å²) in [6.07, 6.45) is 0.371. The van der Waals surface area contributed by atoms with E-state index in [4.69, 9.17) is 4.74 Å². The Hall–Kier alpha value is -1.31. The molecule has 0 spiro atoms. The molecule has 0 radical (unpaired) electrons. The van der Waals surface area contributed by atoms with Crippen LogP contribution in [-0.4, -0.2) is 12.6 Å². The number of esters is 1. The minimum absolute atomic E-state index is 0.137. The standard InChI is InChI=1S/C16H24O2/c1-7-18-15(17)10-14-11(2)8-13(9-12(14)3)16(4,5)6/h8-9H,7,10H2,1-6H3. The van der Waals surface area contributed by atoms with Gasteiger partial charge in [0.05, 0.1) is 13.0 Å². The van der Waals surface area contributed by atoms with Crippen LogP contribution in [0.1, 0.15) is 49.9 Å². The number of carbonyl (C=O) groups is 1. The van der Waals surface area contributed by atoms with Crippen LogP contribution in [0.4, 0.5) is 0 Å². The van der Waals surface area contributed by atoms with Crippen molar-refractivity contribution in [1.29, 1.82) is 0 Å². The molecule has 0 unspecified atom stereocenters. The first-order valence-corrected chi connectivity index (χ1v) is 6.52. The minimum atomic E-state index is -0.146. The highest BCUT2D eigenvalue weighted by molar-refractivity contribution is 5.73. The molecule has 1 aromatic rings. The highest BCUT2D eigenvalue weighted by Gasteiger charge is 2.17. The van der Waals surface area contributed by atoms with E-state index in [1.165, 1.54) is 16.7 Å². The van der Waals surface area contributed by atoms with Crippen LogP contribution >= 0.6 is 0 Å². The van der Waals surface area contributed by atoms with Crippen LogP contribution in [0.2, 0.25) is 0 Å². The van der Waals surface area contributed by atoms with Crippen LogP contribution < -0.4 is 0 Å². The Morgan fingerprint density at radius 1 is 1.17 bits per heavy atom. The van der Waals surface area contributed by atoms with E-state index in [0.29, 0.717) is 13.0 Å². The summed E-state index contributed by atoms with van der Waals surface area (Å²) in [5, 5.41) is 0. The molecule has 2 heteroatoms. The molecule has 100 valence electrons. The van der Waals surface area contributed by atoms with Crippen molar-refractivity contribution in [3.8, 4) is 0 Å². The average Bonchev–Trinajstić information content (AvgIpc) is 2.22. The van der Waals surface area contributed by atoms with E-state index < -0.39 is 0 Å². The van der Waals surface area contributed by atoms with E-state index >= 15 is 0 Å². The number of carbonyl (C=O) groups excluding carboxylic acids is 1. The van der Waals surface area contributed by atoms with E-state index in [1.54, 1.807) is 0 Å². The minimum Gasteiger partial charge on any atom is -0.466 e. The average molecular weight is 248 g/mol. The zero-order valence-electron chi connectivity index (χ0n) is 12.4. The highest BCUT2D eigenvalue weighted by atomic mass is 16.5. The van der Waals surface area contributed by atoms with Crippen molar-refractivity contribution >= 4 is 5.97 Å². The van der Waals surface area contributed by atoms with Gasteiger partial charge in [0.2, 0.25) is 0 Å². The van der Waals surface area contributed by atoms with E-state index in [9.17, 15) is 4.79 Å². The molecule has 2 nitrogen and oxygen atoms in total. The molecule has 18 heavy (non-hydrogen) atoms. The van der Waals surface area contributed by atoms with Gasteiger partial charge < -0.3 is 4.74 Å². The molecule has 0 aromatic heterocycles. The maximum Gasteiger partial charge on any atom is 0.310 e. The Bertz CT molecular complexity index is 416. The highest BCUT2D eigenvalue weighted by Crippen LogP contribution is 2.27. The Balaban J connectivity index is 3.06. The third kappa shape index (κ3) is 3.59. The summed E-state index contributed by atoms with van der Waals surface area (Å²) in [4.78, 5) is 11.6. The molecule has 0 heterocycles. The monoisotopic (exact) mass is 248 g/mol. The maximum absolute atomic E-state index is 11.6. The fraction of sp³-hybridized carbons (Fsp3) is 0.562. The molecule has 0 bridgehead atoms. The second-order valence-electron chi connectivity index (χ2n) is 5.82. The van der Waals surface area contributed by atoms with Crippen molar-refractivity contribution in [3.63, 3.8) is 0 Å². The van der Waals surface area contributed by atoms with Gasteiger partial charge in [-0.15, -0.1) is 0 Å². The van der Waals surface area contributed by atoms with Crippen LogP contribution in [0.15, 0.2) is 12.1 Å². The van der Waals surface area contributed by atoms with Crippen molar-refractivity contribution in [2.24, 2.45) is 0 Å². The van der Waals surface area contributed by atoms with Gasteiger partial charge in [0, 0.05) is 0 Å². The van der Waals surface area contributed by atoms with Crippen molar-refractivity contribution in [2.75, 3.05) is 6.61 Å². The molecular formula is C16H24O2. The fourth-order valence-electron chi connectivity index (χ4n) is 2.06. The zero-order valence-corrected chi connectivity index (χ0v) is 12.4. The van der Waals surface area contributed by atoms with Gasteiger partial charge in [0.1, 0.15) is 0 Å². The summed E-state index contributed by atoms with van der Waals surface area (Å²) in [6, 6.07) is 4.36. The fourth-order valence-corrected chi connectivity index (χ4v) is 2.06. The van der Waals surface area contributed by atoms with Crippen LogP contribution in [0.3, 0.4) is 0 Å². The summed E-state index contributed by atoms with van der Waals surface area (Å²) in [5.41, 5.74) is 4.89. The lowest BCUT2D eigenvalue weighted by atomic mass is 9.83. The number of hydrogen-bond acceptors (Lipinski definition) is 2. The van der Waals surface area contributed by atoms with Crippen LogP contribution in [-0.2, 0) is 21.4 Å². The molecule has 0 atom stereocenters. The van der Waals surface area contributed by atoms with Gasteiger partial charge >= 0.3 is 5.97 Å². The Morgan fingerprint density at radius 3 is 2.06 bits per heavy atom. The normalized spacial score (nSPS) is 11.4. The third-order valence-electron chi connectivity index (χ3n) is 3.19. The number of aryl methyl sites for hydroxylation is 2. The van der Waals surface area contributed by atoms with Crippen LogP contribution in [0, 0.1) is 13.8 Å². The molecule has 0 aliphatic carbocycles. The van der Waals surface area contributed by atoms with E-state index in [-0.39, 0.29) is 11.4 Å². The molecule has 1 rings (SSSR count). The van der Waals surface area contributed by atoms with Gasteiger partial charge in [-0.25, -0.2) is 0 Å². The quantitative estimate of drug-likeness (QED) is 0.762. The van der Waals surface area contributed by atoms with Gasteiger partial charge in [0.25, 0.3) is 0 Å². The number of ether oxygens (including phenoxy) is 1. The summed E-state index contributed by atoms with van der Waals surface area (Å²) < 4.78 is 5.01. The second-order valence-corrected chi connectivity index (χ2v) is 5.82. The smallest absolute Gasteiger partial charge is 0.310 e. The van der Waals surface area contributed by atoms with Gasteiger partial charge in [-0.1, -0.05) is 32.9 Å². The SMILES string of the molecule is CCOC(=O)Cc1c(C)cc(C(C)(C)C)cc1C. The number of hydrogen-bond donors (Lipinski definition) is 0. The molecule has 0 saturated carbocycles. The van der Waals surface area contributed by atoms with Crippen molar-refractivity contribution < 1.29 is 9.53 Å². The lowest BCUT2D eigenvalue weighted by Crippen LogP contribution is -2.14. The lowest BCUT2D eigenvalue weighted by molar-refractivity contribution is -0.142. The Morgan fingerprint density at radius 2 is 1.67 bits per heavy atom. The van der Waals surface area contributed by atoms with Gasteiger partial charge in [-0.3, -0.25) is 4.79 Å². The number of rotatable bonds is 3. The van der Waals surface area contributed by atoms with E-state index in [1.807, 2.05) is 6.92 Å². The predicted molar refractivity (Wildman–Crippen MR) is 75.0 cm³/mol. The zero-order chi connectivity index (χ0) is 13.9. The molecule has 0 saturated heterocycles. The Kier molecular flexibility index (Phi) is 4.55. The second kappa shape index (κ2) is 5.55. The topological polar surface area (TPSA) is 26.3 Å². The molecule has 0 amide bonds. The van der Waals surface area contributed by atoms with Gasteiger partial charge in [0.15, 0.2) is 0 Å². The summed E-state index contributed by atoms with van der Waals surface area (Å²) >= 11 is 0. The van der Waals surface area contributed by atoms with Gasteiger partial charge in [-0.2, -0.15) is 0 Å². The molecule has 0 aliphatic rings. The van der Waals surface area contributed by atoms with Crippen molar-refractivity contribution in [3.05, 3.63) is 34.4 Å². The third-order valence-corrected chi connectivity index (χ3v) is 3.19. The number of benzene rings is 1. The molecule has 0 N–H and O–H groups in total. The molecule has 0 fully saturated rings. The van der Waals surface area contributed by atoms with Crippen LogP contribution in [0.5, 0.6) is 0 Å². The van der Waals surface area contributed by atoms with Crippen molar-refractivity contribution in [2.45, 2.75) is 53.4 Å². The molecule has 1 aromatic carbocycles. The predicted octanol–water partition coefficient (Wildman–Crippen LogP) is 3.71. The maximum atomic E-state index is 11.6. The first kappa shape index (κ1) is 14.7. The molecular weight excluding hydrogens is 224 g/mol. The molecule has 0 aliphatic heterocycles. The first-order valence-electron chi connectivity index (χ1n) is 6.52. The van der Waals surface area contributed by atoms with E-state index in [0.717, 1.165) is 5.56 Å². The summed E-state index contributed by atoms with van der Waals surface area (Å²) in [5.74, 6) is -0.146. The summed E-state index contributed by atoms with van der Waals surface area (Å²) in [6.45, 7) is 13.0. The van der Waals surface area contributed by atoms with E-state index in [2.05, 4.69) is 46.8 Å². The van der Waals surface area contributed by atoms with Crippen LogP contribution in [0.25, 0.3) is 0 Å².